The molecule has 13 heteroatoms. The quantitative estimate of drug-likeness (QED) is 0.310. The van der Waals surface area contributed by atoms with Gasteiger partial charge in [0.25, 0.3) is 5.91 Å². The van der Waals surface area contributed by atoms with Crippen LogP contribution in [0, 0.1) is 11.3 Å². The topological polar surface area (TPSA) is 158 Å². The molecule has 0 bridgehead atoms. The highest BCUT2D eigenvalue weighted by Gasteiger charge is 2.41. The predicted molar refractivity (Wildman–Crippen MR) is 157 cm³/mol. The van der Waals surface area contributed by atoms with E-state index in [9.17, 15) is 20.0 Å². The van der Waals surface area contributed by atoms with E-state index in [0.717, 1.165) is 16.9 Å². The lowest BCUT2D eigenvalue weighted by atomic mass is 9.90. The third kappa shape index (κ3) is 5.10. The maximum atomic E-state index is 13.6. The van der Waals surface area contributed by atoms with Crippen molar-refractivity contribution in [1.29, 1.82) is 5.26 Å². The zero-order valence-corrected chi connectivity index (χ0v) is 23.5. The Morgan fingerprint density at radius 1 is 0.977 bits per heavy atom. The van der Waals surface area contributed by atoms with E-state index in [1.807, 2.05) is 31.4 Å². The van der Waals surface area contributed by atoms with Crippen LogP contribution < -0.4 is 10.2 Å². The van der Waals surface area contributed by atoms with Gasteiger partial charge in [-0.25, -0.2) is 19.3 Å². The number of carbonyl (C=O) groups excluding carboxylic acids is 1. The molecule has 216 valence electrons. The molecule has 0 radical (unpaired) electrons. The van der Waals surface area contributed by atoms with E-state index < -0.39 is 11.6 Å². The number of hydrogen-bond acceptors (Lipinski definition) is 8. The average molecular weight is 577 g/mol. The lowest BCUT2D eigenvalue weighted by Crippen LogP contribution is -2.59. The number of aromatic nitrogens is 6. The predicted octanol–water partition coefficient (Wildman–Crippen LogP) is 2.90. The number of nitrogens with one attached hydrogen (secondary N) is 1. The fraction of sp³-hybridized carbons (Fsp3) is 0.233. The molecule has 1 saturated heterocycles. The van der Waals surface area contributed by atoms with Gasteiger partial charge in [0.05, 0.1) is 30.0 Å². The third-order valence-corrected chi connectivity index (χ3v) is 7.67. The van der Waals surface area contributed by atoms with Crippen LogP contribution in [-0.2, 0) is 17.4 Å². The molecule has 1 atom stereocenters. The van der Waals surface area contributed by atoms with Crippen molar-refractivity contribution >= 4 is 23.3 Å². The second-order valence-electron chi connectivity index (χ2n) is 10.4. The van der Waals surface area contributed by atoms with Gasteiger partial charge >= 0.3 is 6.09 Å². The van der Waals surface area contributed by atoms with Crippen LogP contribution in [0.3, 0.4) is 0 Å². The Morgan fingerprint density at radius 2 is 1.74 bits per heavy atom. The SMILES string of the molecule is Cn1cc(-c2cn3ncc(C#N)c3c(-c3ccc(N4CCN(C(=O)C(C)(NC(=O)O)c5ccccc5)CC4)nc3)n2)cn1. The van der Waals surface area contributed by atoms with E-state index in [-0.39, 0.29) is 5.91 Å². The van der Waals surface area contributed by atoms with Gasteiger partial charge in [0.2, 0.25) is 0 Å². The zero-order chi connectivity index (χ0) is 30.1. The van der Waals surface area contributed by atoms with Gasteiger partial charge in [0.15, 0.2) is 0 Å². The monoisotopic (exact) mass is 576 g/mol. The Balaban J connectivity index is 1.22. The van der Waals surface area contributed by atoms with Crippen molar-refractivity contribution in [3.05, 3.63) is 84.6 Å². The van der Waals surface area contributed by atoms with Gasteiger partial charge in [-0.2, -0.15) is 15.5 Å². The van der Waals surface area contributed by atoms with Crippen molar-refractivity contribution in [3.8, 4) is 28.6 Å². The third-order valence-electron chi connectivity index (χ3n) is 7.67. The summed E-state index contributed by atoms with van der Waals surface area (Å²) >= 11 is 0. The second-order valence-corrected chi connectivity index (χ2v) is 10.4. The van der Waals surface area contributed by atoms with Gasteiger partial charge in [0, 0.05) is 56.7 Å². The van der Waals surface area contributed by atoms with Crippen LogP contribution in [0.1, 0.15) is 18.1 Å². The summed E-state index contributed by atoms with van der Waals surface area (Å²) in [6.07, 6.45) is 7.33. The number of pyridine rings is 1. The number of rotatable bonds is 6. The molecule has 1 unspecified atom stereocenters. The molecule has 2 amide bonds. The Bertz CT molecular complexity index is 1850. The van der Waals surface area contributed by atoms with E-state index in [0.29, 0.717) is 54.2 Å². The molecule has 5 heterocycles. The number of aryl methyl sites for hydroxylation is 1. The fourth-order valence-electron chi connectivity index (χ4n) is 5.39. The minimum atomic E-state index is -1.41. The number of carbonyl (C=O) groups is 2. The van der Waals surface area contributed by atoms with Gasteiger partial charge < -0.3 is 20.2 Å². The van der Waals surface area contributed by atoms with Crippen molar-refractivity contribution in [1.82, 2.24) is 39.6 Å². The number of anilines is 1. The zero-order valence-electron chi connectivity index (χ0n) is 23.5. The molecule has 1 aliphatic heterocycles. The minimum absolute atomic E-state index is 0.304. The molecule has 6 rings (SSSR count). The first-order valence-corrected chi connectivity index (χ1v) is 13.6. The van der Waals surface area contributed by atoms with Gasteiger partial charge in [-0.15, -0.1) is 0 Å². The standard InChI is InChI=1S/C30H28N10O3/c1-30(36-29(42)43,23-6-4-3-5-7-23)28(41)39-12-10-38(11-13-39)25-9-8-20(15-32-25)26-27-21(14-31)16-34-40(27)19-24(35-26)22-17-33-37(2)18-22/h3-9,15-19,36H,10-13H2,1-2H3,(H,42,43). The largest absolute Gasteiger partial charge is 0.465 e. The molecule has 4 aromatic heterocycles. The van der Waals surface area contributed by atoms with E-state index in [2.05, 4.69) is 26.5 Å². The molecule has 5 aromatic rings. The van der Waals surface area contributed by atoms with E-state index in [4.69, 9.17) is 9.97 Å². The summed E-state index contributed by atoms with van der Waals surface area (Å²) in [6, 6.07) is 14.9. The lowest BCUT2D eigenvalue weighted by Gasteiger charge is -2.40. The minimum Gasteiger partial charge on any atom is -0.465 e. The van der Waals surface area contributed by atoms with Crippen molar-refractivity contribution < 1.29 is 14.7 Å². The molecule has 1 fully saturated rings. The molecule has 0 aliphatic carbocycles. The highest BCUT2D eigenvalue weighted by Crippen LogP contribution is 2.30. The molecule has 1 aliphatic rings. The molecule has 0 spiro atoms. The Kier molecular flexibility index (Phi) is 6.95. The first-order valence-electron chi connectivity index (χ1n) is 13.6. The molecular weight excluding hydrogens is 548 g/mol. The maximum absolute atomic E-state index is 13.6. The van der Waals surface area contributed by atoms with Crippen molar-refractivity contribution in [2.24, 2.45) is 7.05 Å². The Labute approximate surface area is 246 Å². The molecule has 43 heavy (non-hydrogen) atoms. The van der Waals surface area contributed by atoms with E-state index in [1.54, 1.807) is 63.9 Å². The van der Waals surface area contributed by atoms with Gasteiger partial charge in [-0.1, -0.05) is 30.3 Å². The Morgan fingerprint density at radius 3 is 2.37 bits per heavy atom. The van der Waals surface area contributed by atoms with Gasteiger partial charge in [-0.05, 0) is 24.6 Å². The summed E-state index contributed by atoms with van der Waals surface area (Å²) in [5, 5.41) is 30.2. The van der Waals surface area contributed by atoms with Crippen molar-refractivity contribution in [2.45, 2.75) is 12.5 Å². The number of piperazine rings is 1. The summed E-state index contributed by atoms with van der Waals surface area (Å²) in [7, 11) is 1.83. The average Bonchev–Trinajstić information content (AvgIpc) is 3.66. The lowest BCUT2D eigenvalue weighted by molar-refractivity contribution is -0.138. The smallest absolute Gasteiger partial charge is 0.405 e. The van der Waals surface area contributed by atoms with Crippen molar-refractivity contribution in [2.75, 3.05) is 31.1 Å². The number of benzene rings is 1. The van der Waals surface area contributed by atoms with Crippen LogP contribution in [0.4, 0.5) is 10.6 Å². The summed E-state index contributed by atoms with van der Waals surface area (Å²) in [6.45, 7) is 3.45. The highest BCUT2D eigenvalue weighted by atomic mass is 16.4. The molecular formula is C30H28N10O3. The van der Waals surface area contributed by atoms with Gasteiger partial charge in [0.1, 0.15) is 28.5 Å². The molecule has 13 nitrogen and oxygen atoms in total. The van der Waals surface area contributed by atoms with Crippen LogP contribution in [0.15, 0.2) is 73.4 Å². The fourth-order valence-corrected chi connectivity index (χ4v) is 5.39. The maximum Gasteiger partial charge on any atom is 0.405 e. The number of fused-ring (bicyclic) bond motifs is 1. The van der Waals surface area contributed by atoms with E-state index >= 15 is 0 Å². The molecule has 1 aromatic carbocycles. The highest BCUT2D eigenvalue weighted by molar-refractivity contribution is 5.91. The number of hydrogen-bond donors (Lipinski definition) is 2. The number of nitriles is 1. The van der Waals surface area contributed by atoms with Crippen LogP contribution in [0.25, 0.3) is 28.0 Å². The summed E-state index contributed by atoms with van der Waals surface area (Å²) < 4.78 is 3.34. The van der Waals surface area contributed by atoms with Crippen molar-refractivity contribution in [3.63, 3.8) is 0 Å². The number of nitrogens with zero attached hydrogens (tertiary/aromatic N) is 9. The number of amides is 2. The first-order chi connectivity index (χ1) is 20.8. The summed E-state index contributed by atoms with van der Waals surface area (Å²) in [5.74, 6) is 0.431. The molecule has 2 N–H and O–H groups in total. The Hall–Kier alpha value is -5.77. The van der Waals surface area contributed by atoms with Crippen LogP contribution in [-0.4, -0.2) is 77.5 Å². The summed E-state index contributed by atoms with van der Waals surface area (Å²) in [5.41, 5.74) is 2.95. The van der Waals surface area contributed by atoms with Crippen LogP contribution >= 0.6 is 0 Å². The summed E-state index contributed by atoms with van der Waals surface area (Å²) in [4.78, 5) is 38.5. The van der Waals surface area contributed by atoms with Gasteiger partial charge in [-0.3, -0.25) is 9.48 Å². The molecule has 0 saturated carbocycles. The first kappa shape index (κ1) is 27.4. The normalized spacial score (nSPS) is 14.7. The van der Waals surface area contributed by atoms with E-state index in [1.165, 1.54) is 6.20 Å². The van der Waals surface area contributed by atoms with Crippen LogP contribution in [0.5, 0.6) is 0 Å². The van der Waals surface area contributed by atoms with Crippen LogP contribution in [0.2, 0.25) is 0 Å². The number of carboxylic acid groups (broad SMARTS) is 1. The second kappa shape index (κ2) is 10.9.